The summed E-state index contributed by atoms with van der Waals surface area (Å²) in [6.45, 7) is 2.71. The standard InChI is InChI=1S/C19H21FN8O2S/c20-14-1-3-15(4-2-14)30-12-17-24-25-19(28(17)21)31-13-18(29)27-9-7-26(8-10-27)16-11-22-5-6-23-16/h1-6,11H,7-10,12-13,21H2. The third-order valence-corrected chi connectivity index (χ3v) is 5.68. The molecule has 1 aromatic carbocycles. The molecule has 0 unspecified atom stereocenters. The predicted octanol–water partition coefficient (Wildman–Crippen LogP) is 0.941. The number of anilines is 1. The predicted molar refractivity (Wildman–Crippen MR) is 112 cm³/mol. The number of aromatic nitrogens is 5. The van der Waals surface area contributed by atoms with Gasteiger partial charge in [-0.3, -0.25) is 9.78 Å². The van der Waals surface area contributed by atoms with E-state index in [4.69, 9.17) is 10.6 Å². The third-order valence-electron chi connectivity index (χ3n) is 4.75. The Morgan fingerprint density at radius 1 is 1.13 bits per heavy atom. The maximum absolute atomic E-state index is 13.0. The quantitative estimate of drug-likeness (QED) is 0.420. The minimum atomic E-state index is -0.340. The summed E-state index contributed by atoms with van der Waals surface area (Å²) in [7, 11) is 0. The molecule has 3 aromatic rings. The van der Waals surface area contributed by atoms with E-state index >= 15 is 0 Å². The van der Waals surface area contributed by atoms with E-state index in [1.165, 1.54) is 40.7 Å². The first-order chi connectivity index (χ1) is 15.1. The Kier molecular flexibility index (Phi) is 6.46. The summed E-state index contributed by atoms with van der Waals surface area (Å²) in [5, 5.41) is 8.45. The molecule has 4 rings (SSSR count). The Bertz CT molecular complexity index is 1010. The lowest BCUT2D eigenvalue weighted by Gasteiger charge is -2.35. The number of piperazine rings is 1. The molecule has 162 valence electrons. The zero-order valence-corrected chi connectivity index (χ0v) is 17.4. The second-order valence-corrected chi connectivity index (χ2v) is 7.67. The van der Waals surface area contributed by atoms with Crippen LogP contribution in [0.15, 0.2) is 48.0 Å². The average Bonchev–Trinajstić information content (AvgIpc) is 3.17. The Hall–Kier alpha value is -3.41. The van der Waals surface area contributed by atoms with Gasteiger partial charge in [-0.05, 0) is 24.3 Å². The van der Waals surface area contributed by atoms with Crippen LogP contribution in [0.4, 0.5) is 10.2 Å². The topological polar surface area (TPSA) is 115 Å². The fraction of sp³-hybridized carbons (Fsp3) is 0.316. The van der Waals surface area contributed by atoms with Crippen molar-refractivity contribution in [2.24, 2.45) is 0 Å². The number of rotatable bonds is 7. The minimum absolute atomic E-state index is 0.0101. The van der Waals surface area contributed by atoms with E-state index in [1.54, 1.807) is 18.6 Å². The van der Waals surface area contributed by atoms with E-state index in [1.807, 2.05) is 4.90 Å². The van der Waals surface area contributed by atoms with Crippen LogP contribution in [0.1, 0.15) is 5.82 Å². The summed E-state index contributed by atoms with van der Waals surface area (Å²) in [5.74, 6) is 7.61. The Morgan fingerprint density at radius 2 is 1.90 bits per heavy atom. The van der Waals surface area contributed by atoms with Gasteiger partial charge in [0.1, 0.15) is 24.0 Å². The van der Waals surface area contributed by atoms with Gasteiger partial charge in [0.15, 0.2) is 5.82 Å². The molecular formula is C19H21FN8O2S. The number of thioether (sulfide) groups is 1. The molecule has 2 N–H and O–H groups in total. The molecule has 0 radical (unpaired) electrons. The molecule has 12 heteroatoms. The zero-order valence-electron chi connectivity index (χ0n) is 16.6. The highest BCUT2D eigenvalue weighted by Gasteiger charge is 2.23. The highest BCUT2D eigenvalue weighted by atomic mass is 32.2. The first-order valence-corrected chi connectivity index (χ1v) is 10.6. The summed E-state index contributed by atoms with van der Waals surface area (Å²) in [6.07, 6.45) is 5.02. The Morgan fingerprint density at radius 3 is 2.61 bits per heavy atom. The number of nitrogens with two attached hydrogens (primary N) is 1. The van der Waals surface area contributed by atoms with Gasteiger partial charge in [0.2, 0.25) is 11.1 Å². The minimum Gasteiger partial charge on any atom is -0.486 e. The van der Waals surface area contributed by atoms with E-state index in [0.29, 0.717) is 42.9 Å². The van der Waals surface area contributed by atoms with Crippen LogP contribution in [0, 0.1) is 5.82 Å². The SMILES string of the molecule is Nn1c(COc2ccc(F)cc2)nnc1SCC(=O)N1CCN(c2cnccn2)CC1. The van der Waals surface area contributed by atoms with Crippen LogP contribution in [0.2, 0.25) is 0 Å². The molecule has 0 aliphatic carbocycles. The van der Waals surface area contributed by atoms with Gasteiger partial charge in [0.25, 0.3) is 0 Å². The zero-order chi connectivity index (χ0) is 21.6. The molecular weight excluding hydrogens is 423 g/mol. The molecule has 1 aliphatic rings. The Labute approximate surface area is 182 Å². The molecule has 0 bridgehead atoms. The fourth-order valence-corrected chi connectivity index (χ4v) is 3.82. The molecule has 2 aromatic heterocycles. The summed E-state index contributed by atoms with van der Waals surface area (Å²) < 4.78 is 19.8. The largest absolute Gasteiger partial charge is 0.486 e. The summed E-state index contributed by atoms with van der Waals surface area (Å²) in [6, 6.07) is 5.65. The molecule has 10 nitrogen and oxygen atoms in total. The van der Waals surface area contributed by atoms with E-state index in [0.717, 1.165) is 5.82 Å². The number of ether oxygens (including phenoxy) is 1. The van der Waals surface area contributed by atoms with Gasteiger partial charge in [-0.2, -0.15) is 0 Å². The number of amides is 1. The van der Waals surface area contributed by atoms with Crippen LogP contribution < -0.4 is 15.5 Å². The van der Waals surface area contributed by atoms with E-state index in [-0.39, 0.29) is 24.1 Å². The van der Waals surface area contributed by atoms with Crippen molar-refractivity contribution in [3.8, 4) is 5.75 Å². The van der Waals surface area contributed by atoms with Crippen molar-refractivity contribution in [1.82, 2.24) is 29.7 Å². The van der Waals surface area contributed by atoms with Crippen LogP contribution in [0.3, 0.4) is 0 Å². The number of carbonyl (C=O) groups excluding carboxylic acids is 1. The second kappa shape index (κ2) is 9.60. The maximum atomic E-state index is 13.0. The molecule has 31 heavy (non-hydrogen) atoms. The lowest BCUT2D eigenvalue weighted by molar-refractivity contribution is -0.128. The van der Waals surface area contributed by atoms with Gasteiger partial charge in [-0.25, -0.2) is 14.1 Å². The van der Waals surface area contributed by atoms with E-state index in [9.17, 15) is 9.18 Å². The lowest BCUT2D eigenvalue weighted by Crippen LogP contribution is -2.49. The Balaban J connectivity index is 1.25. The fourth-order valence-electron chi connectivity index (χ4n) is 3.04. The van der Waals surface area contributed by atoms with Crippen molar-refractivity contribution >= 4 is 23.5 Å². The molecule has 1 amide bonds. The second-order valence-electron chi connectivity index (χ2n) is 6.73. The lowest BCUT2D eigenvalue weighted by atomic mass is 10.3. The number of benzene rings is 1. The monoisotopic (exact) mass is 444 g/mol. The van der Waals surface area contributed by atoms with Gasteiger partial charge >= 0.3 is 0 Å². The first-order valence-electron chi connectivity index (χ1n) is 9.59. The first kappa shape index (κ1) is 20.8. The molecule has 0 atom stereocenters. The summed E-state index contributed by atoms with van der Waals surface area (Å²) >= 11 is 1.22. The number of nitrogen functional groups attached to an aromatic ring is 1. The van der Waals surface area contributed by atoms with Gasteiger partial charge in [-0.15, -0.1) is 10.2 Å². The highest BCUT2D eigenvalue weighted by molar-refractivity contribution is 7.99. The summed E-state index contributed by atoms with van der Waals surface area (Å²) in [4.78, 5) is 24.9. The van der Waals surface area contributed by atoms with Crippen LogP contribution in [0.5, 0.6) is 5.75 Å². The molecule has 3 heterocycles. The van der Waals surface area contributed by atoms with Crippen molar-refractivity contribution in [3.05, 3.63) is 54.5 Å². The molecule has 0 saturated carbocycles. The molecule has 0 spiro atoms. The van der Waals surface area contributed by atoms with Crippen molar-refractivity contribution in [1.29, 1.82) is 0 Å². The van der Waals surface area contributed by atoms with Crippen LogP contribution in [-0.4, -0.2) is 67.6 Å². The summed E-state index contributed by atoms with van der Waals surface area (Å²) in [5.41, 5.74) is 0. The van der Waals surface area contributed by atoms with Gasteiger partial charge in [0, 0.05) is 38.6 Å². The van der Waals surface area contributed by atoms with Crippen LogP contribution in [-0.2, 0) is 11.4 Å². The normalized spacial score (nSPS) is 14.0. The number of carbonyl (C=O) groups is 1. The van der Waals surface area contributed by atoms with Gasteiger partial charge < -0.3 is 20.4 Å². The highest BCUT2D eigenvalue weighted by Crippen LogP contribution is 2.18. The van der Waals surface area contributed by atoms with Crippen molar-refractivity contribution in [2.75, 3.05) is 42.7 Å². The van der Waals surface area contributed by atoms with Crippen LogP contribution >= 0.6 is 11.8 Å². The van der Waals surface area contributed by atoms with Gasteiger partial charge in [-0.1, -0.05) is 11.8 Å². The maximum Gasteiger partial charge on any atom is 0.233 e. The molecule has 1 fully saturated rings. The third kappa shape index (κ3) is 5.20. The van der Waals surface area contributed by atoms with E-state index in [2.05, 4.69) is 25.1 Å². The van der Waals surface area contributed by atoms with Crippen molar-refractivity contribution < 1.29 is 13.9 Å². The average molecular weight is 444 g/mol. The molecule has 1 aliphatic heterocycles. The number of halogens is 1. The van der Waals surface area contributed by atoms with Crippen molar-refractivity contribution in [2.45, 2.75) is 11.8 Å². The number of nitrogens with zero attached hydrogens (tertiary/aromatic N) is 7. The molecule has 1 saturated heterocycles. The van der Waals surface area contributed by atoms with Crippen molar-refractivity contribution in [3.63, 3.8) is 0 Å². The number of hydrogen-bond acceptors (Lipinski definition) is 9. The van der Waals surface area contributed by atoms with Gasteiger partial charge in [0.05, 0.1) is 11.9 Å². The smallest absolute Gasteiger partial charge is 0.233 e. The van der Waals surface area contributed by atoms with Crippen LogP contribution in [0.25, 0.3) is 0 Å². The van der Waals surface area contributed by atoms with E-state index < -0.39 is 0 Å². The number of hydrogen-bond donors (Lipinski definition) is 1.